The Morgan fingerprint density at radius 2 is 1.75 bits per heavy atom. The zero-order valence-electron chi connectivity index (χ0n) is 18.1. The van der Waals surface area contributed by atoms with E-state index in [4.69, 9.17) is 14.5 Å². The zero-order valence-corrected chi connectivity index (χ0v) is 18.1. The highest BCUT2D eigenvalue weighted by Crippen LogP contribution is 2.29. The van der Waals surface area contributed by atoms with E-state index < -0.39 is 0 Å². The van der Waals surface area contributed by atoms with Gasteiger partial charge in [-0.3, -0.25) is 14.2 Å². The van der Waals surface area contributed by atoms with Crippen molar-refractivity contribution in [2.75, 3.05) is 19.5 Å². The normalized spacial score (nSPS) is 10.7. The summed E-state index contributed by atoms with van der Waals surface area (Å²) in [6.07, 6.45) is 0. The minimum absolute atomic E-state index is 0.186. The second kappa shape index (κ2) is 8.93. The van der Waals surface area contributed by atoms with Crippen molar-refractivity contribution in [3.63, 3.8) is 0 Å². The molecule has 0 spiro atoms. The Morgan fingerprint density at radius 3 is 2.50 bits per heavy atom. The molecule has 0 saturated carbocycles. The molecule has 0 aliphatic rings. The predicted molar refractivity (Wildman–Crippen MR) is 124 cm³/mol. The van der Waals surface area contributed by atoms with Gasteiger partial charge in [0, 0.05) is 17.3 Å². The molecule has 32 heavy (non-hydrogen) atoms. The predicted octanol–water partition coefficient (Wildman–Crippen LogP) is 4.03. The van der Waals surface area contributed by atoms with Gasteiger partial charge < -0.3 is 14.8 Å². The fraction of sp³-hybridized carbons (Fsp3) is 0.160. The summed E-state index contributed by atoms with van der Waals surface area (Å²) in [4.78, 5) is 30.9. The lowest BCUT2D eigenvalue weighted by atomic mass is 10.1. The number of carbonyl (C=O) groups excluding carboxylic acids is 1. The van der Waals surface area contributed by atoms with Crippen molar-refractivity contribution in [3.8, 4) is 22.9 Å². The number of fused-ring (bicyclic) bond motifs is 1. The quantitative estimate of drug-likeness (QED) is 0.500. The molecule has 1 amide bonds. The molecule has 4 rings (SSSR count). The van der Waals surface area contributed by atoms with Crippen molar-refractivity contribution in [2.45, 2.75) is 13.5 Å². The fourth-order valence-corrected chi connectivity index (χ4v) is 3.58. The van der Waals surface area contributed by atoms with Crippen LogP contribution in [-0.4, -0.2) is 29.7 Å². The number of hydrogen-bond donors (Lipinski definition) is 1. The van der Waals surface area contributed by atoms with Crippen LogP contribution in [0, 0.1) is 6.92 Å². The summed E-state index contributed by atoms with van der Waals surface area (Å²) >= 11 is 0. The molecule has 162 valence electrons. The van der Waals surface area contributed by atoms with E-state index in [0.29, 0.717) is 33.9 Å². The molecular formula is C25H23N3O4. The van der Waals surface area contributed by atoms with E-state index in [-0.39, 0.29) is 18.0 Å². The summed E-state index contributed by atoms with van der Waals surface area (Å²) in [6, 6.07) is 19.9. The van der Waals surface area contributed by atoms with Crippen LogP contribution in [0.5, 0.6) is 11.5 Å². The lowest BCUT2D eigenvalue weighted by molar-refractivity contribution is -0.116. The van der Waals surface area contributed by atoms with E-state index in [2.05, 4.69) is 5.32 Å². The number of nitrogens with zero attached hydrogens (tertiary/aromatic N) is 2. The molecule has 0 aliphatic carbocycles. The number of anilines is 1. The number of methoxy groups -OCH3 is 2. The van der Waals surface area contributed by atoms with E-state index in [1.54, 1.807) is 43.5 Å². The highest BCUT2D eigenvalue weighted by Gasteiger charge is 2.16. The average molecular weight is 429 g/mol. The maximum absolute atomic E-state index is 13.3. The Hall–Kier alpha value is -4.13. The van der Waals surface area contributed by atoms with Crippen LogP contribution in [0.3, 0.4) is 0 Å². The number of benzene rings is 3. The Labute approximate surface area is 185 Å². The Balaban J connectivity index is 1.73. The minimum Gasteiger partial charge on any atom is -0.493 e. The van der Waals surface area contributed by atoms with Crippen molar-refractivity contribution in [2.24, 2.45) is 0 Å². The molecule has 0 fully saturated rings. The second-order valence-corrected chi connectivity index (χ2v) is 7.33. The van der Waals surface area contributed by atoms with Crippen LogP contribution in [0.2, 0.25) is 0 Å². The van der Waals surface area contributed by atoms with Gasteiger partial charge in [-0.05, 0) is 37.3 Å². The van der Waals surface area contributed by atoms with Gasteiger partial charge in [-0.1, -0.05) is 35.9 Å². The van der Waals surface area contributed by atoms with Crippen LogP contribution in [-0.2, 0) is 11.3 Å². The number of rotatable bonds is 6. The van der Waals surface area contributed by atoms with Crippen LogP contribution < -0.4 is 20.3 Å². The maximum Gasteiger partial charge on any atom is 0.262 e. The first-order chi connectivity index (χ1) is 15.5. The molecule has 1 aromatic heterocycles. The molecule has 0 bridgehead atoms. The van der Waals surface area contributed by atoms with E-state index in [1.807, 2.05) is 37.3 Å². The Kier molecular flexibility index (Phi) is 5.89. The van der Waals surface area contributed by atoms with Gasteiger partial charge in [0.2, 0.25) is 5.91 Å². The smallest absolute Gasteiger partial charge is 0.262 e. The Morgan fingerprint density at radius 1 is 0.969 bits per heavy atom. The van der Waals surface area contributed by atoms with Gasteiger partial charge in [0.05, 0.1) is 25.1 Å². The molecule has 0 radical (unpaired) electrons. The number of amides is 1. The molecule has 1 heterocycles. The third-order valence-electron chi connectivity index (χ3n) is 5.11. The average Bonchev–Trinajstić information content (AvgIpc) is 2.80. The van der Waals surface area contributed by atoms with E-state index >= 15 is 0 Å². The zero-order chi connectivity index (χ0) is 22.7. The molecule has 7 nitrogen and oxygen atoms in total. The van der Waals surface area contributed by atoms with Gasteiger partial charge >= 0.3 is 0 Å². The summed E-state index contributed by atoms with van der Waals surface area (Å²) in [5.74, 6) is 1.14. The number of aromatic nitrogens is 2. The van der Waals surface area contributed by atoms with Gasteiger partial charge in [0.25, 0.3) is 5.56 Å². The lowest BCUT2D eigenvalue weighted by Crippen LogP contribution is -2.30. The minimum atomic E-state index is -0.356. The second-order valence-electron chi connectivity index (χ2n) is 7.33. The maximum atomic E-state index is 13.3. The Bertz CT molecular complexity index is 1360. The number of carbonyl (C=O) groups is 1. The van der Waals surface area contributed by atoms with Gasteiger partial charge in [-0.2, -0.15) is 0 Å². The fourth-order valence-electron chi connectivity index (χ4n) is 3.58. The van der Waals surface area contributed by atoms with E-state index in [0.717, 1.165) is 11.1 Å². The highest BCUT2D eigenvalue weighted by atomic mass is 16.5. The van der Waals surface area contributed by atoms with Crippen LogP contribution in [0.4, 0.5) is 5.69 Å². The molecule has 3 aromatic carbocycles. The topological polar surface area (TPSA) is 82.5 Å². The molecule has 0 unspecified atom stereocenters. The van der Waals surface area contributed by atoms with E-state index in [1.165, 1.54) is 11.7 Å². The van der Waals surface area contributed by atoms with Crippen LogP contribution in [0.1, 0.15) is 5.56 Å². The van der Waals surface area contributed by atoms with Crippen molar-refractivity contribution in [1.29, 1.82) is 0 Å². The molecule has 4 aromatic rings. The first kappa shape index (κ1) is 21.1. The largest absolute Gasteiger partial charge is 0.493 e. The van der Waals surface area contributed by atoms with Crippen molar-refractivity contribution >= 4 is 22.5 Å². The molecule has 7 heteroatoms. The molecule has 0 aliphatic heterocycles. The summed E-state index contributed by atoms with van der Waals surface area (Å²) in [7, 11) is 3.07. The third kappa shape index (κ3) is 4.18. The van der Waals surface area contributed by atoms with Crippen molar-refractivity contribution in [3.05, 3.63) is 82.6 Å². The molecular weight excluding hydrogens is 406 g/mol. The first-order valence-corrected chi connectivity index (χ1v) is 10.1. The summed E-state index contributed by atoms with van der Waals surface area (Å²) in [5.41, 5.74) is 2.66. The van der Waals surface area contributed by atoms with Crippen molar-refractivity contribution in [1.82, 2.24) is 9.55 Å². The number of hydrogen-bond acceptors (Lipinski definition) is 5. The summed E-state index contributed by atoms with van der Waals surface area (Å²) in [6.45, 7) is 1.78. The van der Waals surface area contributed by atoms with E-state index in [9.17, 15) is 9.59 Å². The number of para-hydroxylation sites is 1. The van der Waals surface area contributed by atoms with Crippen LogP contribution in [0.15, 0.2) is 71.5 Å². The van der Waals surface area contributed by atoms with Crippen molar-refractivity contribution < 1.29 is 14.3 Å². The molecule has 0 atom stereocenters. The SMILES string of the molecule is COc1ccc(NC(=O)Cn2c(-c3cccc(C)c3)nc3ccccc3c2=O)cc1OC. The number of nitrogens with one attached hydrogen (secondary N) is 1. The first-order valence-electron chi connectivity index (χ1n) is 10.1. The highest BCUT2D eigenvalue weighted by molar-refractivity contribution is 5.91. The third-order valence-corrected chi connectivity index (χ3v) is 5.11. The number of aryl methyl sites for hydroxylation is 1. The van der Waals surface area contributed by atoms with Gasteiger partial charge in [0.1, 0.15) is 12.4 Å². The molecule has 1 N–H and O–H groups in total. The monoisotopic (exact) mass is 429 g/mol. The molecule has 0 saturated heterocycles. The summed E-state index contributed by atoms with van der Waals surface area (Å²) in [5, 5.41) is 3.28. The standard InChI is InChI=1S/C25H23N3O4/c1-16-7-6-8-17(13-16)24-27-20-10-5-4-9-19(20)25(30)28(24)15-23(29)26-18-11-12-21(31-2)22(14-18)32-3/h4-14H,15H2,1-3H3,(H,26,29). The van der Waals surface area contributed by atoms with Gasteiger partial charge in [0.15, 0.2) is 11.5 Å². The van der Waals surface area contributed by atoms with Gasteiger partial charge in [-0.15, -0.1) is 0 Å². The van der Waals surface area contributed by atoms with Gasteiger partial charge in [-0.25, -0.2) is 4.98 Å². The van der Waals surface area contributed by atoms with Crippen LogP contribution in [0.25, 0.3) is 22.3 Å². The van der Waals surface area contributed by atoms with Crippen LogP contribution >= 0.6 is 0 Å². The number of ether oxygens (including phenoxy) is 2. The summed E-state index contributed by atoms with van der Waals surface area (Å²) < 4.78 is 11.9. The lowest BCUT2D eigenvalue weighted by Gasteiger charge is -2.15.